The molecule has 3 aromatic heterocycles. The minimum Gasteiger partial charge on any atom is -0.452 e. The zero-order chi connectivity index (χ0) is 21.9. The monoisotopic (exact) mass is 440 g/mol. The summed E-state index contributed by atoms with van der Waals surface area (Å²) in [6.45, 7) is -0.421. The van der Waals surface area contributed by atoms with Crippen LogP contribution in [-0.4, -0.2) is 33.4 Å². The number of aromatic nitrogens is 3. The van der Waals surface area contributed by atoms with Crippen LogP contribution in [0.3, 0.4) is 0 Å². The van der Waals surface area contributed by atoms with Crippen LogP contribution in [0.25, 0.3) is 32.4 Å². The molecule has 2 aromatic carbocycles. The molecule has 0 unspecified atom stereocenters. The highest BCUT2D eigenvalue weighted by Gasteiger charge is 2.17. The molecule has 0 aliphatic carbocycles. The van der Waals surface area contributed by atoms with Gasteiger partial charge < -0.3 is 4.74 Å². The number of nitrogens with one attached hydrogen (secondary N) is 1. The third-order valence-corrected chi connectivity index (χ3v) is 5.74. The average Bonchev–Trinajstić information content (AvgIpc) is 3.24. The number of thiazole rings is 1. The zero-order valence-corrected chi connectivity index (χ0v) is 17.5. The van der Waals surface area contributed by atoms with E-state index in [4.69, 9.17) is 4.74 Å². The Morgan fingerprint density at radius 2 is 1.66 bits per heavy atom. The van der Waals surface area contributed by atoms with Gasteiger partial charge in [0.2, 0.25) is 0 Å². The summed E-state index contributed by atoms with van der Waals surface area (Å²) in [5, 5.41) is 3.80. The fraction of sp³-hybridized carbons (Fsp3) is 0.0417. The molecule has 0 saturated carbocycles. The number of carbonyl (C=O) groups is 2. The smallest absolute Gasteiger partial charge is 0.339 e. The largest absolute Gasteiger partial charge is 0.452 e. The molecule has 5 rings (SSSR count). The number of pyridine rings is 2. The Morgan fingerprint density at radius 1 is 0.906 bits per heavy atom. The molecule has 0 atom stereocenters. The van der Waals surface area contributed by atoms with E-state index in [-0.39, 0.29) is 0 Å². The van der Waals surface area contributed by atoms with Gasteiger partial charge in [-0.05, 0) is 36.4 Å². The number of hydrogen-bond donors (Lipinski definition) is 1. The molecule has 3 heterocycles. The lowest BCUT2D eigenvalue weighted by atomic mass is 10.0. The molecule has 5 aromatic rings. The van der Waals surface area contributed by atoms with Gasteiger partial charge in [-0.2, -0.15) is 0 Å². The predicted molar refractivity (Wildman–Crippen MR) is 124 cm³/mol. The van der Waals surface area contributed by atoms with Crippen LogP contribution >= 0.6 is 11.3 Å². The fourth-order valence-electron chi connectivity index (χ4n) is 3.30. The van der Waals surface area contributed by atoms with Gasteiger partial charge >= 0.3 is 5.97 Å². The second-order valence-electron chi connectivity index (χ2n) is 6.92. The zero-order valence-electron chi connectivity index (χ0n) is 16.7. The van der Waals surface area contributed by atoms with E-state index < -0.39 is 18.5 Å². The topological polar surface area (TPSA) is 94.1 Å². The van der Waals surface area contributed by atoms with Crippen LogP contribution in [0.1, 0.15) is 10.4 Å². The highest BCUT2D eigenvalue weighted by molar-refractivity contribution is 7.22. The number of anilines is 1. The highest BCUT2D eigenvalue weighted by Crippen LogP contribution is 2.26. The highest BCUT2D eigenvalue weighted by atomic mass is 32.1. The normalized spacial score (nSPS) is 10.9. The van der Waals surface area contributed by atoms with Crippen molar-refractivity contribution in [2.45, 2.75) is 0 Å². The molecule has 0 aliphatic rings. The standard InChI is InChI=1S/C24H16N4O3S/c29-22(28-24-27-19-7-3-4-8-21(19)32-24)14-31-23(30)17-13-20(15-9-11-25-12-10-15)26-18-6-2-1-5-16(17)18/h1-13H,14H2,(H,27,28,29). The molecule has 8 heteroatoms. The summed E-state index contributed by atoms with van der Waals surface area (Å²) in [5.41, 5.74) is 3.25. The van der Waals surface area contributed by atoms with Crippen molar-refractivity contribution in [2.75, 3.05) is 11.9 Å². The van der Waals surface area contributed by atoms with Crippen LogP contribution < -0.4 is 5.32 Å². The Hall–Kier alpha value is -4.17. The van der Waals surface area contributed by atoms with Crippen LogP contribution in [0.15, 0.2) is 79.1 Å². The summed E-state index contributed by atoms with van der Waals surface area (Å²) in [5.74, 6) is -1.05. The second kappa shape index (κ2) is 8.52. The lowest BCUT2D eigenvalue weighted by Crippen LogP contribution is -2.21. The molecule has 32 heavy (non-hydrogen) atoms. The number of amides is 1. The third-order valence-electron chi connectivity index (χ3n) is 4.79. The Bertz CT molecular complexity index is 1420. The van der Waals surface area contributed by atoms with Crippen molar-refractivity contribution in [3.05, 3.63) is 84.7 Å². The van der Waals surface area contributed by atoms with Crippen LogP contribution in [0.2, 0.25) is 0 Å². The maximum Gasteiger partial charge on any atom is 0.339 e. The molecular weight excluding hydrogens is 424 g/mol. The summed E-state index contributed by atoms with van der Waals surface area (Å²) in [6.07, 6.45) is 3.33. The van der Waals surface area contributed by atoms with Gasteiger partial charge in [-0.15, -0.1) is 0 Å². The van der Waals surface area contributed by atoms with Crippen LogP contribution in [0, 0.1) is 0 Å². The van der Waals surface area contributed by atoms with Crippen LogP contribution in [0.4, 0.5) is 5.13 Å². The lowest BCUT2D eigenvalue weighted by Gasteiger charge is -2.10. The maximum atomic E-state index is 12.9. The molecule has 0 spiro atoms. The number of carbonyl (C=O) groups excluding carboxylic acids is 2. The first-order valence-electron chi connectivity index (χ1n) is 9.80. The van der Waals surface area contributed by atoms with Crippen molar-refractivity contribution in [1.82, 2.24) is 15.0 Å². The quantitative estimate of drug-likeness (QED) is 0.398. The number of benzene rings is 2. The van der Waals surface area contributed by atoms with E-state index >= 15 is 0 Å². The molecular formula is C24H16N4O3S. The van der Waals surface area contributed by atoms with Crippen molar-refractivity contribution in [3.8, 4) is 11.3 Å². The van der Waals surface area contributed by atoms with Crippen LogP contribution in [-0.2, 0) is 9.53 Å². The second-order valence-corrected chi connectivity index (χ2v) is 7.95. The summed E-state index contributed by atoms with van der Waals surface area (Å²) in [7, 11) is 0. The van der Waals surface area contributed by atoms with Crippen LogP contribution in [0.5, 0.6) is 0 Å². The number of esters is 1. The average molecular weight is 440 g/mol. The van der Waals surface area contributed by atoms with Crippen molar-refractivity contribution in [3.63, 3.8) is 0 Å². The number of para-hydroxylation sites is 2. The van der Waals surface area contributed by atoms with Gasteiger partial charge in [0, 0.05) is 23.3 Å². The van der Waals surface area contributed by atoms with E-state index in [0.29, 0.717) is 27.3 Å². The first kappa shape index (κ1) is 19.8. The number of ether oxygens (including phenoxy) is 1. The van der Waals surface area contributed by atoms with Gasteiger partial charge in [0.25, 0.3) is 5.91 Å². The molecule has 7 nitrogen and oxygen atoms in total. The molecule has 1 N–H and O–H groups in total. The van der Waals surface area contributed by atoms with Gasteiger partial charge in [-0.25, -0.2) is 14.8 Å². The molecule has 0 saturated heterocycles. The van der Waals surface area contributed by atoms with Crippen molar-refractivity contribution < 1.29 is 14.3 Å². The minimum atomic E-state index is -0.599. The Kier molecular flexibility index (Phi) is 5.27. The Morgan fingerprint density at radius 3 is 2.47 bits per heavy atom. The SMILES string of the molecule is O=C(COC(=O)c1cc(-c2ccncc2)nc2ccccc12)Nc1nc2ccccc2s1. The van der Waals surface area contributed by atoms with Crippen molar-refractivity contribution in [1.29, 1.82) is 0 Å². The van der Waals surface area contributed by atoms with E-state index in [1.165, 1.54) is 11.3 Å². The number of fused-ring (bicyclic) bond motifs is 2. The maximum absolute atomic E-state index is 12.9. The number of hydrogen-bond acceptors (Lipinski definition) is 7. The fourth-order valence-corrected chi connectivity index (χ4v) is 4.19. The first-order chi connectivity index (χ1) is 15.7. The number of rotatable bonds is 5. The van der Waals surface area contributed by atoms with E-state index in [2.05, 4.69) is 20.3 Å². The van der Waals surface area contributed by atoms with Crippen molar-refractivity contribution in [2.24, 2.45) is 0 Å². The first-order valence-corrected chi connectivity index (χ1v) is 10.6. The predicted octanol–water partition coefficient (Wildman–Crippen LogP) is 4.70. The van der Waals surface area contributed by atoms with Gasteiger partial charge in [-0.3, -0.25) is 15.1 Å². The van der Waals surface area contributed by atoms with Gasteiger partial charge in [0.15, 0.2) is 11.7 Å². The Labute approximate surface area is 186 Å². The van der Waals surface area contributed by atoms with E-state index in [9.17, 15) is 9.59 Å². The third kappa shape index (κ3) is 4.03. The summed E-state index contributed by atoms with van der Waals surface area (Å²) in [6, 6.07) is 20.2. The summed E-state index contributed by atoms with van der Waals surface area (Å²) < 4.78 is 6.29. The van der Waals surface area contributed by atoms with Gasteiger partial charge in [-0.1, -0.05) is 41.7 Å². The molecule has 156 valence electrons. The lowest BCUT2D eigenvalue weighted by molar-refractivity contribution is -0.119. The van der Waals surface area contributed by atoms with E-state index in [0.717, 1.165) is 15.8 Å². The van der Waals surface area contributed by atoms with Gasteiger partial charge in [0.1, 0.15) is 0 Å². The Balaban J connectivity index is 1.35. The number of nitrogens with zero attached hydrogens (tertiary/aromatic N) is 3. The molecule has 0 radical (unpaired) electrons. The summed E-state index contributed by atoms with van der Waals surface area (Å²) >= 11 is 1.36. The van der Waals surface area contributed by atoms with E-state index in [1.807, 2.05) is 54.6 Å². The molecule has 0 bridgehead atoms. The minimum absolute atomic E-state index is 0.343. The molecule has 1 amide bonds. The molecule has 0 fully saturated rings. The molecule has 0 aliphatic heterocycles. The van der Waals surface area contributed by atoms with E-state index in [1.54, 1.807) is 24.5 Å². The van der Waals surface area contributed by atoms with Crippen molar-refractivity contribution >= 4 is 49.5 Å². The van der Waals surface area contributed by atoms with Gasteiger partial charge in [0.05, 0.1) is 27.0 Å². The summed E-state index contributed by atoms with van der Waals surface area (Å²) in [4.78, 5) is 38.2.